The Morgan fingerprint density at radius 3 is 2.54 bits per heavy atom. The highest BCUT2D eigenvalue weighted by Gasteiger charge is 2.12. The monoisotopic (exact) mass is 392 g/mol. The molecule has 0 radical (unpaired) electrons. The molecule has 3 aromatic rings. The Kier molecular flexibility index (Phi) is 5.58. The van der Waals surface area contributed by atoms with Crippen LogP contribution < -0.4 is 5.32 Å². The maximum atomic E-state index is 12.3. The number of nitriles is 1. The maximum Gasteiger partial charge on any atom is 0.335 e. The molecule has 0 saturated carbocycles. The standard InChI is InChI=1S/C21H13ClN2O4/c22-16-6-4-13(5-7-16)19-9-8-18(28-19)11-15(12-23)20(25)24-17-3-1-2-14(10-17)21(26)27/h1-11H,(H,24,25)(H,26,27)/b15-11+. The third-order valence-electron chi connectivity index (χ3n) is 3.77. The molecule has 1 heterocycles. The van der Waals surface area contributed by atoms with Gasteiger partial charge in [-0.25, -0.2) is 4.79 Å². The number of nitrogens with zero attached hydrogens (tertiary/aromatic N) is 1. The number of amides is 1. The highest BCUT2D eigenvalue weighted by molar-refractivity contribution is 6.30. The van der Waals surface area contributed by atoms with Gasteiger partial charge in [-0.1, -0.05) is 17.7 Å². The molecule has 2 aromatic carbocycles. The molecular weight excluding hydrogens is 380 g/mol. The van der Waals surface area contributed by atoms with Gasteiger partial charge in [0.1, 0.15) is 23.2 Å². The zero-order valence-electron chi connectivity index (χ0n) is 14.3. The fourth-order valence-corrected chi connectivity index (χ4v) is 2.54. The summed E-state index contributed by atoms with van der Waals surface area (Å²) in [6.07, 6.45) is 1.32. The van der Waals surface area contributed by atoms with E-state index in [0.29, 0.717) is 16.5 Å². The van der Waals surface area contributed by atoms with Gasteiger partial charge < -0.3 is 14.8 Å². The van der Waals surface area contributed by atoms with Crippen LogP contribution in [-0.2, 0) is 4.79 Å². The SMILES string of the molecule is N#C/C(=C\c1ccc(-c2ccc(Cl)cc2)o1)C(=O)Nc1cccc(C(=O)O)c1. The molecule has 3 rings (SSSR count). The number of carboxylic acid groups (broad SMARTS) is 1. The zero-order valence-corrected chi connectivity index (χ0v) is 15.1. The molecule has 28 heavy (non-hydrogen) atoms. The van der Waals surface area contributed by atoms with E-state index in [2.05, 4.69) is 5.32 Å². The number of nitrogens with one attached hydrogen (secondary N) is 1. The summed E-state index contributed by atoms with van der Waals surface area (Å²) >= 11 is 5.87. The molecule has 0 bridgehead atoms. The first-order valence-electron chi connectivity index (χ1n) is 8.08. The lowest BCUT2D eigenvalue weighted by Gasteiger charge is -2.05. The largest absolute Gasteiger partial charge is 0.478 e. The van der Waals surface area contributed by atoms with Crippen LogP contribution in [0.5, 0.6) is 0 Å². The molecule has 2 N–H and O–H groups in total. The van der Waals surface area contributed by atoms with Gasteiger partial charge in [0, 0.05) is 22.3 Å². The number of carbonyl (C=O) groups excluding carboxylic acids is 1. The van der Waals surface area contributed by atoms with Crippen LogP contribution in [0.4, 0.5) is 5.69 Å². The van der Waals surface area contributed by atoms with E-state index in [1.165, 1.54) is 30.3 Å². The van der Waals surface area contributed by atoms with E-state index in [-0.39, 0.29) is 16.8 Å². The Morgan fingerprint density at radius 1 is 1.11 bits per heavy atom. The molecule has 0 aliphatic carbocycles. The van der Waals surface area contributed by atoms with Crippen LogP contribution in [0.2, 0.25) is 5.02 Å². The molecule has 0 atom stereocenters. The summed E-state index contributed by atoms with van der Waals surface area (Å²) in [5.41, 5.74) is 0.918. The summed E-state index contributed by atoms with van der Waals surface area (Å²) < 4.78 is 5.66. The van der Waals surface area contributed by atoms with Gasteiger partial charge >= 0.3 is 5.97 Å². The van der Waals surface area contributed by atoms with Crippen LogP contribution >= 0.6 is 11.6 Å². The minimum absolute atomic E-state index is 0.0268. The molecule has 0 fully saturated rings. The summed E-state index contributed by atoms with van der Waals surface area (Å²) in [6.45, 7) is 0. The van der Waals surface area contributed by atoms with Crippen molar-refractivity contribution in [3.05, 3.63) is 82.6 Å². The molecule has 7 heteroatoms. The average molecular weight is 393 g/mol. The van der Waals surface area contributed by atoms with Crippen molar-refractivity contribution in [1.82, 2.24) is 0 Å². The Morgan fingerprint density at radius 2 is 1.86 bits per heavy atom. The second kappa shape index (κ2) is 8.25. The Hall–Kier alpha value is -3.82. The highest BCUT2D eigenvalue weighted by Crippen LogP contribution is 2.25. The number of hydrogen-bond donors (Lipinski definition) is 2. The molecule has 1 aromatic heterocycles. The fraction of sp³-hybridized carbons (Fsp3) is 0. The molecule has 0 saturated heterocycles. The molecule has 6 nitrogen and oxygen atoms in total. The smallest absolute Gasteiger partial charge is 0.335 e. The first-order valence-corrected chi connectivity index (χ1v) is 8.46. The number of anilines is 1. The lowest BCUT2D eigenvalue weighted by molar-refractivity contribution is -0.112. The fourth-order valence-electron chi connectivity index (χ4n) is 2.42. The number of halogens is 1. The van der Waals surface area contributed by atoms with Crippen molar-refractivity contribution in [3.63, 3.8) is 0 Å². The first kappa shape index (κ1) is 19.0. The van der Waals surface area contributed by atoms with Gasteiger partial charge in [0.05, 0.1) is 5.56 Å². The van der Waals surface area contributed by atoms with Gasteiger partial charge in [-0.3, -0.25) is 4.79 Å². The van der Waals surface area contributed by atoms with Crippen LogP contribution in [0.1, 0.15) is 16.1 Å². The molecule has 1 amide bonds. The van der Waals surface area contributed by atoms with Crippen molar-refractivity contribution < 1.29 is 19.1 Å². The van der Waals surface area contributed by atoms with Crippen LogP contribution in [0.3, 0.4) is 0 Å². The number of aromatic carboxylic acids is 1. The van der Waals surface area contributed by atoms with Gasteiger partial charge in [-0.05, 0) is 54.6 Å². The Bertz CT molecular complexity index is 1110. The number of carboxylic acids is 1. The molecule has 138 valence electrons. The van der Waals surface area contributed by atoms with Crippen molar-refractivity contribution in [1.29, 1.82) is 5.26 Å². The minimum Gasteiger partial charge on any atom is -0.478 e. The second-order valence-corrected chi connectivity index (χ2v) is 6.16. The first-order chi connectivity index (χ1) is 13.5. The number of rotatable bonds is 5. The maximum absolute atomic E-state index is 12.3. The normalized spacial score (nSPS) is 10.9. The van der Waals surface area contributed by atoms with Gasteiger partial charge in [-0.15, -0.1) is 0 Å². The van der Waals surface area contributed by atoms with Crippen molar-refractivity contribution in [2.75, 3.05) is 5.32 Å². The molecule has 0 unspecified atom stereocenters. The number of hydrogen-bond acceptors (Lipinski definition) is 4. The molecular formula is C21H13ClN2O4. The van der Waals surface area contributed by atoms with Gasteiger partial charge in [-0.2, -0.15) is 5.26 Å². The summed E-state index contributed by atoms with van der Waals surface area (Å²) in [6, 6.07) is 18.0. The zero-order chi connectivity index (χ0) is 20.1. The van der Waals surface area contributed by atoms with E-state index in [1.54, 1.807) is 36.4 Å². The Balaban J connectivity index is 1.79. The summed E-state index contributed by atoms with van der Waals surface area (Å²) in [4.78, 5) is 23.3. The summed E-state index contributed by atoms with van der Waals surface area (Å²) in [7, 11) is 0. The Labute approximate surface area is 165 Å². The third kappa shape index (κ3) is 4.47. The number of furan rings is 1. The molecule has 0 aliphatic rings. The van der Waals surface area contributed by atoms with E-state index in [0.717, 1.165) is 5.56 Å². The average Bonchev–Trinajstić information content (AvgIpc) is 3.15. The predicted octanol–water partition coefficient (Wildman–Crippen LogP) is 4.84. The van der Waals surface area contributed by atoms with Crippen LogP contribution in [0.25, 0.3) is 17.4 Å². The summed E-state index contributed by atoms with van der Waals surface area (Å²) in [5.74, 6) is -0.891. The van der Waals surface area contributed by atoms with E-state index in [9.17, 15) is 14.9 Å². The van der Waals surface area contributed by atoms with Crippen LogP contribution in [0, 0.1) is 11.3 Å². The summed E-state index contributed by atoms with van der Waals surface area (Å²) in [5, 5.41) is 21.4. The van der Waals surface area contributed by atoms with Gasteiger partial charge in [0.15, 0.2) is 0 Å². The minimum atomic E-state index is -1.11. The lowest BCUT2D eigenvalue weighted by atomic mass is 10.2. The quantitative estimate of drug-likeness (QED) is 0.477. The van der Waals surface area contributed by atoms with Crippen molar-refractivity contribution in [2.45, 2.75) is 0 Å². The topological polar surface area (TPSA) is 103 Å². The molecule has 0 aliphatic heterocycles. The van der Waals surface area contributed by atoms with Gasteiger partial charge in [0.2, 0.25) is 0 Å². The predicted molar refractivity (Wildman–Crippen MR) is 105 cm³/mol. The van der Waals surface area contributed by atoms with Crippen LogP contribution in [-0.4, -0.2) is 17.0 Å². The number of benzene rings is 2. The van der Waals surface area contributed by atoms with E-state index < -0.39 is 11.9 Å². The highest BCUT2D eigenvalue weighted by atomic mass is 35.5. The van der Waals surface area contributed by atoms with E-state index >= 15 is 0 Å². The van der Waals surface area contributed by atoms with Crippen molar-refractivity contribution >= 4 is 35.2 Å². The van der Waals surface area contributed by atoms with E-state index in [1.807, 2.05) is 6.07 Å². The van der Waals surface area contributed by atoms with Crippen LogP contribution in [0.15, 0.2) is 70.7 Å². The lowest BCUT2D eigenvalue weighted by Crippen LogP contribution is -2.13. The third-order valence-corrected chi connectivity index (χ3v) is 4.03. The second-order valence-electron chi connectivity index (χ2n) is 5.72. The van der Waals surface area contributed by atoms with Gasteiger partial charge in [0.25, 0.3) is 5.91 Å². The van der Waals surface area contributed by atoms with Crippen molar-refractivity contribution in [2.24, 2.45) is 0 Å². The van der Waals surface area contributed by atoms with Crippen molar-refractivity contribution in [3.8, 4) is 17.4 Å². The number of carbonyl (C=O) groups is 2. The molecule has 0 spiro atoms. The van der Waals surface area contributed by atoms with E-state index in [4.69, 9.17) is 21.1 Å².